The molecule has 0 bridgehead atoms. The molecule has 8 heteroatoms. The van der Waals surface area contributed by atoms with Crippen molar-refractivity contribution in [3.8, 4) is 11.1 Å². The molecule has 2 amide bonds. The van der Waals surface area contributed by atoms with Gasteiger partial charge in [0.05, 0.1) is 12.0 Å². The van der Waals surface area contributed by atoms with E-state index in [0.717, 1.165) is 22.3 Å². The molecule has 4 atom stereocenters. The largest absolute Gasteiger partial charge is 0.480 e. The van der Waals surface area contributed by atoms with Crippen LogP contribution in [0.3, 0.4) is 0 Å². The van der Waals surface area contributed by atoms with Gasteiger partial charge in [-0.15, -0.1) is 0 Å². The van der Waals surface area contributed by atoms with Crippen LogP contribution in [0.4, 0.5) is 4.79 Å². The Labute approximate surface area is 191 Å². The number of benzene rings is 2. The van der Waals surface area contributed by atoms with Gasteiger partial charge in [-0.25, -0.2) is 9.59 Å². The summed E-state index contributed by atoms with van der Waals surface area (Å²) >= 11 is 0. The van der Waals surface area contributed by atoms with E-state index in [9.17, 15) is 14.4 Å². The number of nitrogens with one attached hydrogen (secondary N) is 2. The quantitative estimate of drug-likeness (QED) is 0.513. The molecule has 5 rings (SSSR count). The molecule has 2 aromatic rings. The van der Waals surface area contributed by atoms with E-state index in [4.69, 9.17) is 14.9 Å². The zero-order chi connectivity index (χ0) is 23.2. The maximum atomic E-state index is 12.6. The Morgan fingerprint density at radius 1 is 1.03 bits per heavy atom. The standard InChI is InChI=1S/C25H26N2O6/c28-12-21(22(29)30)27-23(31)25-10-14(25)9-15(11-25)26-24(32)33-13-20-18-7-3-1-5-16(18)17-6-2-4-8-19(17)20/h1-8,14-15,20-21,28H,9-13H2,(H,26,32)(H,27,31)(H,29,30)/t14?,15?,21-,25?/m1/s1. The lowest BCUT2D eigenvalue weighted by atomic mass is 9.98. The van der Waals surface area contributed by atoms with Crippen molar-refractivity contribution < 1.29 is 29.3 Å². The second-order valence-electron chi connectivity index (χ2n) is 9.21. The van der Waals surface area contributed by atoms with Gasteiger partial charge in [-0.05, 0) is 47.4 Å². The third-order valence-electron chi connectivity index (χ3n) is 7.32. The van der Waals surface area contributed by atoms with E-state index >= 15 is 0 Å². The maximum Gasteiger partial charge on any atom is 0.407 e. The summed E-state index contributed by atoms with van der Waals surface area (Å²) in [6.45, 7) is -0.443. The Balaban J connectivity index is 1.17. The zero-order valence-electron chi connectivity index (χ0n) is 18.0. The van der Waals surface area contributed by atoms with Gasteiger partial charge in [0, 0.05) is 12.0 Å². The van der Waals surface area contributed by atoms with Gasteiger partial charge in [0.1, 0.15) is 12.6 Å². The number of hydrogen-bond acceptors (Lipinski definition) is 5. The van der Waals surface area contributed by atoms with Crippen molar-refractivity contribution in [2.24, 2.45) is 11.3 Å². The van der Waals surface area contributed by atoms with E-state index < -0.39 is 30.1 Å². The first-order valence-electron chi connectivity index (χ1n) is 11.2. The minimum absolute atomic E-state index is 0.0244. The third kappa shape index (κ3) is 3.74. The second kappa shape index (κ2) is 8.19. The number of fused-ring (bicyclic) bond motifs is 4. The average molecular weight is 450 g/mol. The highest BCUT2D eigenvalue weighted by Gasteiger charge is 2.65. The molecule has 3 aliphatic rings. The first kappa shape index (κ1) is 21.5. The highest BCUT2D eigenvalue weighted by Crippen LogP contribution is 2.63. The Hall–Kier alpha value is -3.39. The third-order valence-corrected chi connectivity index (χ3v) is 7.32. The molecule has 8 nitrogen and oxygen atoms in total. The van der Waals surface area contributed by atoms with Crippen molar-refractivity contribution in [2.75, 3.05) is 13.2 Å². The van der Waals surface area contributed by atoms with Crippen molar-refractivity contribution in [1.29, 1.82) is 0 Å². The topological polar surface area (TPSA) is 125 Å². The number of carbonyl (C=O) groups excluding carboxylic acids is 2. The van der Waals surface area contributed by atoms with E-state index in [1.165, 1.54) is 0 Å². The molecule has 3 aliphatic carbocycles. The van der Waals surface area contributed by atoms with Crippen LogP contribution in [0, 0.1) is 11.3 Å². The first-order valence-corrected chi connectivity index (χ1v) is 11.2. The van der Waals surface area contributed by atoms with E-state index in [2.05, 4.69) is 34.9 Å². The number of aliphatic hydroxyl groups is 1. The number of rotatable bonds is 7. The molecule has 0 radical (unpaired) electrons. The fraction of sp³-hybridized carbons (Fsp3) is 0.400. The molecule has 33 heavy (non-hydrogen) atoms. The predicted molar refractivity (Wildman–Crippen MR) is 118 cm³/mol. The summed E-state index contributed by atoms with van der Waals surface area (Å²) < 4.78 is 5.60. The monoisotopic (exact) mass is 450 g/mol. The summed E-state index contributed by atoms with van der Waals surface area (Å²) in [5.41, 5.74) is 3.94. The summed E-state index contributed by atoms with van der Waals surface area (Å²) in [6.07, 6.45) is 1.23. The van der Waals surface area contributed by atoms with Gasteiger partial charge in [-0.3, -0.25) is 4.79 Å². The SMILES string of the molecule is O=C(NC1CC2CC2(C(=O)N[C@H](CO)C(=O)O)C1)OCC1c2ccccc2-c2ccccc21. The van der Waals surface area contributed by atoms with Crippen LogP contribution in [-0.4, -0.2) is 53.5 Å². The molecular formula is C25H26N2O6. The molecule has 3 unspecified atom stereocenters. The average Bonchev–Trinajstić information content (AvgIpc) is 3.24. The molecular weight excluding hydrogens is 424 g/mol. The number of aliphatic hydroxyl groups excluding tert-OH is 1. The van der Waals surface area contributed by atoms with Gasteiger partial charge in [0.15, 0.2) is 0 Å². The lowest BCUT2D eigenvalue weighted by Crippen LogP contribution is -2.47. The normalized spacial score (nSPS) is 25.4. The maximum absolute atomic E-state index is 12.6. The van der Waals surface area contributed by atoms with E-state index in [-0.39, 0.29) is 30.4 Å². The minimum Gasteiger partial charge on any atom is -0.480 e. The lowest BCUT2D eigenvalue weighted by Gasteiger charge is -2.20. The molecule has 172 valence electrons. The summed E-state index contributed by atoms with van der Waals surface area (Å²) in [4.78, 5) is 36.3. The smallest absolute Gasteiger partial charge is 0.407 e. The highest BCUT2D eigenvalue weighted by atomic mass is 16.5. The molecule has 4 N–H and O–H groups in total. The van der Waals surface area contributed by atoms with Crippen LogP contribution in [0.5, 0.6) is 0 Å². The first-order chi connectivity index (χ1) is 15.9. The Morgan fingerprint density at radius 2 is 1.67 bits per heavy atom. The van der Waals surface area contributed by atoms with Crippen LogP contribution >= 0.6 is 0 Å². The molecule has 0 heterocycles. The van der Waals surface area contributed by atoms with Gasteiger partial charge >= 0.3 is 12.1 Å². The van der Waals surface area contributed by atoms with Crippen LogP contribution in [0.25, 0.3) is 11.1 Å². The molecule has 0 aromatic heterocycles. The van der Waals surface area contributed by atoms with E-state index in [1.54, 1.807) is 0 Å². The number of aliphatic carboxylic acids is 1. The lowest BCUT2D eigenvalue weighted by molar-refractivity contribution is -0.144. The van der Waals surface area contributed by atoms with Crippen molar-refractivity contribution >= 4 is 18.0 Å². The fourth-order valence-electron chi connectivity index (χ4n) is 5.58. The minimum atomic E-state index is -1.32. The Kier molecular flexibility index (Phi) is 5.32. The van der Waals surface area contributed by atoms with Crippen molar-refractivity contribution in [2.45, 2.75) is 37.3 Å². The van der Waals surface area contributed by atoms with Crippen LogP contribution in [0.15, 0.2) is 48.5 Å². The van der Waals surface area contributed by atoms with Gasteiger partial charge < -0.3 is 25.6 Å². The molecule has 2 saturated carbocycles. The summed E-state index contributed by atoms with van der Waals surface area (Å²) in [6, 6.07) is 14.7. The number of alkyl carbamates (subject to hydrolysis) is 1. The molecule has 0 saturated heterocycles. The van der Waals surface area contributed by atoms with E-state index in [1.807, 2.05) is 24.3 Å². The van der Waals surface area contributed by atoms with Crippen LogP contribution in [0.1, 0.15) is 36.3 Å². The predicted octanol–water partition coefficient (Wildman–Crippen LogP) is 2.26. The highest BCUT2D eigenvalue weighted by molar-refractivity contribution is 5.90. The van der Waals surface area contributed by atoms with E-state index in [0.29, 0.717) is 19.3 Å². The summed E-state index contributed by atoms with van der Waals surface area (Å²) in [5, 5.41) is 23.5. The van der Waals surface area contributed by atoms with Crippen molar-refractivity contribution in [3.63, 3.8) is 0 Å². The Morgan fingerprint density at radius 3 is 2.27 bits per heavy atom. The van der Waals surface area contributed by atoms with Crippen LogP contribution in [0.2, 0.25) is 0 Å². The van der Waals surface area contributed by atoms with Crippen LogP contribution in [-0.2, 0) is 14.3 Å². The second-order valence-corrected chi connectivity index (χ2v) is 9.21. The molecule has 0 aliphatic heterocycles. The van der Waals surface area contributed by atoms with Crippen molar-refractivity contribution in [3.05, 3.63) is 59.7 Å². The summed E-state index contributed by atoms with van der Waals surface area (Å²) in [5.74, 6) is -1.57. The number of hydrogen-bond donors (Lipinski definition) is 4. The van der Waals surface area contributed by atoms with Gasteiger partial charge in [-0.1, -0.05) is 48.5 Å². The molecule has 2 fully saturated rings. The number of ether oxygens (including phenoxy) is 1. The fourth-order valence-corrected chi connectivity index (χ4v) is 5.58. The molecule has 2 aromatic carbocycles. The number of carboxylic acid groups (broad SMARTS) is 1. The molecule has 0 spiro atoms. The number of carboxylic acids is 1. The van der Waals surface area contributed by atoms with Crippen molar-refractivity contribution in [1.82, 2.24) is 10.6 Å². The number of amides is 2. The number of carbonyl (C=O) groups is 3. The van der Waals surface area contributed by atoms with Gasteiger partial charge in [0.25, 0.3) is 0 Å². The summed E-state index contributed by atoms with van der Waals surface area (Å²) in [7, 11) is 0. The van der Waals surface area contributed by atoms with Gasteiger partial charge in [-0.2, -0.15) is 0 Å². The zero-order valence-corrected chi connectivity index (χ0v) is 18.0. The Bertz CT molecular complexity index is 1070. The van der Waals surface area contributed by atoms with Gasteiger partial charge in [0.2, 0.25) is 5.91 Å². The van der Waals surface area contributed by atoms with Crippen LogP contribution < -0.4 is 10.6 Å².